The molecular formula is C30H25ClN2O4S. The van der Waals surface area contributed by atoms with E-state index in [1.165, 1.54) is 11.8 Å². The van der Waals surface area contributed by atoms with Gasteiger partial charge in [0.1, 0.15) is 12.4 Å². The molecule has 4 aromatic carbocycles. The Morgan fingerprint density at radius 2 is 1.79 bits per heavy atom. The lowest BCUT2D eigenvalue weighted by Crippen LogP contribution is -2.19. The second-order valence-corrected chi connectivity index (χ2v) is 9.81. The second-order valence-electron chi connectivity index (χ2n) is 8.37. The van der Waals surface area contributed by atoms with Crippen LogP contribution in [-0.4, -0.2) is 24.8 Å². The molecule has 1 saturated heterocycles. The third-order valence-corrected chi connectivity index (χ3v) is 7.03. The summed E-state index contributed by atoms with van der Waals surface area (Å²) in [6, 6.07) is 25.2. The fraction of sp³-hybridized carbons (Fsp3) is 0.133. The molecule has 6 nitrogen and oxygen atoms in total. The SMILES string of the molecule is CCOc1cc(/C=C2\SC(=Nc3ccc(OC)cc3)NC2=O)cc(Cl)c1OCc1cccc2ccccc12. The molecular weight excluding hydrogens is 520 g/mol. The number of rotatable bonds is 8. The van der Waals surface area contributed by atoms with Crippen LogP contribution < -0.4 is 19.5 Å². The number of nitrogens with one attached hydrogen (secondary N) is 1. The molecule has 0 unspecified atom stereocenters. The Balaban J connectivity index is 1.37. The van der Waals surface area contributed by atoms with Gasteiger partial charge in [-0.05, 0) is 83.1 Å². The number of halogens is 1. The van der Waals surface area contributed by atoms with Gasteiger partial charge in [0.2, 0.25) is 0 Å². The maximum atomic E-state index is 12.6. The van der Waals surface area contributed by atoms with E-state index >= 15 is 0 Å². The Hall–Kier alpha value is -3.94. The molecule has 0 radical (unpaired) electrons. The summed E-state index contributed by atoms with van der Waals surface area (Å²) < 4.78 is 17.2. The van der Waals surface area contributed by atoms with Gasteiger partial charge >= 0.3 is 0 Å². The van der Waals surface area contributed by atoms with E-state index in [4.69, 9.17) is 25.8 Å². The smallest absolute Gasteiger partial charge is 0.264 e. The Morgan fingerprint density at radius 3 is 2.58 bits per heavy atom. The summed E-state index contributed by atoms with van der Waals surface area (Å²) in [4.78, 5) is 17.6. The molecule has 0 saturated carbocycles. The number of aliphatic imine (C=N–C) groups is 1. The fourth-order valence-electron chi connectivity index (χ4n) is 4.05. The molecule has 0 aromatic heterocycles. The third kappa shape index (κ3) is 5.79. The monoisotopic (exact) mass is 544 g/mol. The molecule has 192 valence electrons. The minimum Gasteiger partial charge on any atom is -0.497 e. The summed E-state index contributed by atoms with van der Waals surface area (Å²) >= 11 is 7.92. The first-order valence-corrected chi connectivity index (χ1v) is 13.2. The molecule has 8 heteroatoms. The molecule has 38 heavy (non-hydrogen) atoms. The number of hydrogen-bond donors (Lipinski definition) is 1. The zero-order valence-electron chi connectivity index (χ0n) is 20.9. The lowest BCUT2D eigenvalue weighted by Gasteiger charge is -2.15. The van der Waals surface area contributed by atoms with Crippen molar-refractivity contribution in [1.82, 2.24) is 5.32 Å². The summed E-state index contributed by atoms with van der Waals surface area (Å²) in [5.74, 6) is 1.49. The van der Waals surface area contributed by atoms with Crippen molar-refractivity contribution >= 4 is 57.0 Å². The molecule has 0 atom stereocenters. The van der Waals surface area contributed by atoms with Gasteiger partial charge in [0.05, 0.1) is 29.3 Å². The zero-order chi connectivity index (χ0) is 26.5. The van der Waals surface area contributed by atoms with Crippen molar-refractivity contribution < 1.29 is 19.0 Å². The number of ether oxygens (including phenoxy) is 3. The largest absolute Gasteiger partial charge is 0.497 e. The number of nitrogens with zero attached hydrogens (tertiary/aromatic N) is 1. The van der Waals surface area contributed by atoms with Crippen molar-refractivity contribution in [3.8, 4) is 17.2 Å². The molecule has 0 bridgehead atoms. The zero-order valence-corrected chi connectivity index (χ0v) is 22.4. The van der Waals surface area contributed by atoms with Crippen molar-refractivity contribution in [2.75, 3.05) is 13.7 Å². The Labute approximate surface area is 230 Å². The number of benzene rings is 4. The van der Waals surface area contributed by atoms with Crippen LogP contribution in [-0.2, 0) is 11.4 Å². The Bertz CT molecular complexity index is 1540. The van der Waals surface area contributed by atoms with E-state index < -0.39 is 0 Å². The Kier molecular flexibility index (Phi) is 7.86. The highest BCUT2D eigenvalue weighted by Gasteiger charge is 2.24. The van der Waals surface area contributed by atoms with Crippen LogP contribution in [0.4, 0.5) is 5.69 Å². The van der Waals surface area contributed by atoms with Crippen LogP contribution in [0, 0.1) is 0 Å². The van der Waals surface area contributed by atoms with Crippen LogP contribution >= 0.6 is 23.4 Å². The van der Waals surface area contributed by atoms with E-state index in [9.17, 15) is 4.79 Å². The quantitative estimate of drug-likeness (QED) is 0.234. The number of carbonyl (C=O) groups excluding carboxylic acids is 1. The topological polar surface area (TPSA) is 69.2 Å². The average molecular weight is 545 g/mol. The van der Waals surface area contributed by atoms with Crippen LogP contribution in [0.15, 0.2) is 88.8 Å². The van der Waals surface area contributed by atoms with Crippen LogP contribution in [0.25, 0.3) is 16.8 Å². The first kappa shape index (κ1) is 25.7. The minimum absolute atomic E-state index is 0.229. The lowest BCUT2D eigenvalue weighted by atomic mass is 10.1. The average Bonchev–Trinajstić information content (AvgIpc) is 3.26. The summed E-state index contributed by atoms with van der Waals surface area (Å²) in [5.41, 5.74) is 2.49. The highest BCUT2D eigenvalue weighted by molar-refractivity contribution is 8.18. The third-order valence-electron chi connectivity index (χ3n) is 5.84. The molecule has 1 N–H and O–H groups in total. The number of carbonyl (C=O) groups is 1. The fourth-order valence-corrected chi connectivity index (χ4v) is 5.16. The van der Waals surface area contributed by atoms with Crippen LogP contribution in [0.1, 0.15) is 18.1 Å². The standard InChI is InChI=1S/C30H25ClN2O4S/c1-3-36-26-16-19(17-27-29(34)33-30(38-27)32-22-11-13-23(35-2)14-12-22)15-25(31)28(26)37-18-21-9-6-8-20-7-4-5-10-24(20)21/h4-17H,3,18H2,1-2H3,(H,32,33,34)/b27-17-. The van der Waals surface area contributed by atoms with Crippen molar-refractivity contribution in [3.63, 3.8) is 0 Å². The van der Waals surface area contributed by atoms with Crippen molar-refractivity contribution in [3.05, 3.63) is 99.9 Å². The number of hydrogen-bond acceptors (Lipinski definition) is 6. The second kappa shape index (κ2) is 11.6. The van der Waals surface area contributed by atoms with E-state index in [0.29, 0.717) is 45.5 Å². The van der Waals surface area contributed by atoms with Gasteiger partial charge in [0.25, 0.3) is 5.91 Å². The summed E-state index contributed by atoms with van der Waals surface area (Å²) in [7, 11) is 1.61. The van der Waals surface area contributed by atoms with Gasteiger partial charge in [-0.2, -0.15) is 0 Å². The molecule has 1 fully saturated rings. The minimum atomic E-state index is -0.229. The number of fused-ring (bicyclic) bond motifs is 1. The van der Waals surface area contributed by atoms with Crippen LogP contribution in [0.5, 0.6) is 17.2 Å². The first-order valence-electron chi connectivity index (χ1n) is 12.0. The Morgan fingerprint density at radius 1 is 1.00 bits per heavy atom. The van der Waals surface area contributed by atoms with E-state index in [1.54, 1.807) is 19.3 Å². The van der Waals surface area contributed by atoms with Crippen molar-refractivity contribution in [2.24, 2.45) is 4.99 Å². The van der Waals surface area contributed by atoms with Gasteiger partial charge in [-0.1, -0.05) is 54.1 Å². The molecule has 1 aliphatic heterocycles. The van der Waals surface area contributed by atoms with Gasteiger partial charge in [-0.25, -0.2) is 4.99 Å². The lowest BCUT2D eigenvalue weighted by molar-refractivity contribution is -0.115. The number of amidine groups is 1. The van der Waals surface area contributed by atoms with Crippen molar-refractivity contribution in [2.45, 2.75) is 13.5 Å². The van der Waals surface area contributed by atoms with Crippen molar-refractivity contribution in [1.29, 1.82) is 0 Å². The molecule has 1 amide bonds. The van der Waals surface area contributed by atoms with Gasteiger partial charge < -0.3 is 19.5 Å². The summed E-state index contributed by atoms with van der Waals surface area (Å²) in [6.07, 6.45) is 1.76. The van der Waals surface area contributed by atoms with E-state index in [2.05, 4.69) is 28.5 Å². The maximum Gasteiger partial charge on any atom is 0.264 e. The molecule has 1 aliphatic rings. The van der Waals surface area contributed by atoms with Gasteiger partial charge in [0, 0.05) is 0 Å². The molecule has 4 aromatic rings. The van der Waals surface area contributed by atoms with Gasteiger partial charge in [0.15, 0.2) is 16.7 Å². The summed E-state index contributed by atoms with van der Waals surface area (Å²) in [5, 5.41) is 5.98. The summed E-state index contributed by atoms with van der Waals surface area (Å²) in [6.45, 7) is 2.68. The molecule has 5 rings (SSSR count). The van der Waals surface area contributed by atoms with E-state index in [1.807, 2.05) is 61.5 Å². The molecule has 0 spiro atoms. The van der Waals surface area contributed by atoms with Gasteiger partial charge in [-0.3, -0.25) is 4.79 Å². The van der Waals surface area contributed by atoms with Gasteiger partial charge in [-0.15, -0.1) is 0 Å². The molecule has 1 heterocycles. The number of thioether (sulfide) groups is 1. The van der Waals surface area contributed by atoms with Crippen LogP contribution in [0.3, 0.4) is 0 Å². The number of methoxy groups -OCH3 is 1. The van der Waals surface area contributed by atoms with E-state index in [-0.39, 0.29) is 5.91 Å². The highest BCUT2D eigenvalue weighted by Crippen LogP contribution is 2.39. The first-order chi connectivity index (χ1) is 18.5. The predicted molar refractivity (Wildman–Crippen MR) is 155 cm³/mol. The number of amides is 1. The highest BCUT2D eigenvalue weighted by atomic mass is 35.5. The molecule has 0 aliphatic carbocycles. The van der Waals surface area contributed by atoms with Crippen LogP contribution in [0.2, 0.25) is 5.02 Å². The normalized spacial score (nSPS) is 15.2. The van der Waals surface area contributed by atoms with E-state index in [0.717, 1.165) is 27.6 Å². The maximum absolute atomic E-state index is 12.6. The predicted octanol–water partition coefficient (Wildman–Crippen LogP) is 7.37.